The molecule has 0 aromatic heterocycles. The molecule has 0 radical (unpaired) electrons. The molecule has 6 nitrogen and oxygen atoms in total. The van der Waals surface area contributed by atoms with Gasteiger partial charge in [0.25, 0.3) is 5.91 Å². The number of nitrogens with zero attached hydrogens (tertiary/aromatic N) is 1. The lowest BCUT2D eigenvalue weighted by Crippen LogP contribution is -2.41. The number of hydrogen-bond donors (Lipinski definition) is 2. The predicted molar refractivity (Wildman–Crippen MR) is 79.7 cm³/mol. The van der Waals surface area contributed by atoms with Gasteiger partial charge in [0, 0.05) is 19.3 Å². The Morgan fingerprint density at radius 1 is 1.33 bits per heavy atom. The third-order valence-corrected chi connectivity index (χ3v) is 3.46. The highest BCUT2D eigenvalue weighted by Crippen LogP contribution is 2.20. The summed E-state index contributed by atoms with van der Waals surface area (Å²) in [5.41, 5.74) is 6.24. The minimum absolute atomic E-state index is 0.000872. The summed E-state index contributed by atoms with van der Waals surface area (Å²) in [6.45, 7) is 0.420. The van der Waals surface area contributed by atoms with Gasteiger partial charge in [-0.15, -0.1) is 0 Å². The summed E-state index contributed by atoms with van der Waals surface area (Å²) in [6, 6.07) is 9.14. The molecule has 1 heterocycles. The maximum atomic E-state index is 12.2. The predicted octanol–water partition coefficient (Wildman–Crippen LogP) is 0.590. The van der Waals surface area contributed by atoms with Crippen LogP contribution in [0.2, 0.25) is 0 Å². The van der Waals surface area contributed by atoms with Crippen molar-refractivity contribution >= 4 is 17.5 Å². The van der Waals surface area contributed by atoms with Crippen LogP contribution in [-0.4, -0.2) is 49.1 Å². The first-order chi connectivity index (χ1) is 10.1. The Hall–Kier alpha value is -1.92. The van der Waals surface area contributed by atoms with E-state index in [1.54, 1.807) is 19.2 Å². The Kier molecular flexibility index (Phi) is 5.30. The highest BCUT2D eigenvalue weighted by atomic mass is 16.5. The molecule has 0 saturated carbocycles. The van der Waals surface area contributed by atoms with Crippen molar-refractivity contribution in [3.05, 3.63) is 30.3 Å². The van der Waals surface area contributed by atoms with Crippen LogP contribution < -0.4 is 11.1 Å². The number of carbonyl (C=O) groups excluding carboxylic acids is 2. The lowest BCUT2D eigenvalue weighted by atomic mass is 10.2. The van der Waals surface area contributed by atoms with Gasteiger partial charge in [-0.1, -0.05) is 18.2 Å². The summed E-state index contributed by atoms with van der Waals surface area (Å²) in [7, 11) is 1.60. The van der Waals surface area contributed by atoms with Gasteiger partial charge in [-0.2, -0.15) is 0 Å². The molecule has 6 heteroatoms. The maximum absolute atomic E-state index is 12.2. The van der Waals surface area contributed by atoms with Crippen molar-refractivity contribution in [2.24, 2.45) is 5.73 Å². The molecule has 1 aromatic rings. The van der Waals surface area contributed by atoms with Crippen LogP contribution in [-0.2, 0) is 14.3 Å². The number of hydrogen-bond acceptors (Lipinski definition) is 4. The molecule has 0 spiro atoms. The zero-order valence-electron chi connectivity index (χ0n) is 12.1. The Bertz CT molecular complexity index is 492. The molecule has 2 atom stereocenters. The molecule has 21 heavy (non-hydrogen) atoms. The first kappa shape index (κ1) is 15.5. The molecule has 1 saturated heterocycles. The van der Waals surface area contributed by atoms with Crippen molar-refractivity contribution in [1.82, 2.24) is 4.90 Å². The molecule has 2 amide bonds. The van der Waals surface area contributed by atoms with Crippen LogP contribution in [0.25, 0.3) is 0 Å². The molecule has 1 fully saturated rings. The van der Waals surface area contributed by atoms with Crippen molar-refractivity contribution in [2.45, 2.75) is 25.0 Å². The average Bonchev–Trinajstić information content (AvgIpc) is 2.96. The highest BCUT2D eigenvalue weighted by molar-refractivity contribution is 5.95. The quantitative estimate of drug-likeness (QED) is 0.831. The van der Waals surface area contributed by atoms with Crippen molar-refractivity contribution in [1.29, 1.82) is 0 Å². The number of amides is 2. The number of ether oxygens (including phenoxy) is 1. The molecule has 0 unspecified atom stereocenters. The summed E-state index contributed by atoms with van der Waals surface area (Å²) in [5, 5.41) is 2.74. The van der Waals surface area contributed by atoms with Crippen molar-refractivity contribution in [3.8, 4) is 0 Å². The van der Waals surface area contributed by atoms with Gasteiger partial charge in [-0.05, 0) is 25.0 Å². The van der Waals surface area contributed by atoms with Gasteiger partial charge in [-0.3, -0.25) is 9.59 Å². The van der Waals surface area contributed by atoms with E-state index in [0.717, 1.165) is 6.42 Å². The van der Waals surface area contributed by atoms with E-state index in [1.165, 1.54) is 4.90 Å². The molecule has 2 rings (SSSR count). The number of anilines is 1. The first-order valence-electron chi connectivity index (χ1n) is 7.05. The van der Waals surface area contributed by atoms with E-state index < -0.39 is 6.10 Å². The van der Waals surface area contributed by atoms with Crippen LogP contribution in [0, 0.1) is 0 Å². The number of carbonyl (C=O) groups is 2. The largest absolute Gasteiger partial charge is 0.364 e. The highest BCUT2D eigenvalue weighted by Gasteiger charge is 2.32. The lowest BCUT2D eigenvalue weighted by molar-refractivity contribution is -0.143. The number of benzene rings is 1. The fourth-order valence-corrected chi connectivity index (χ4v) is 2.32. The fraction of sp³-hybridized carbons (Fsp3) is 0.467. The second-order valence-electron chi connectivity index (χ2n) is 5.17. The van der Waals surface area contributed by atoms with E-state index >= 15 is 0 Å². The van der Waals surface area contributed by atoms with Crippen molar-refractivity contribution in [3.63, 3.8) is 0 Å². The first-order valence-corrected chi connectivity index (χ1v) is 7.05. The van der Waals surface area contributed by atoms with Gasteiger partial charge in [0.05, 0.1) is 12.6 Å². The van der Waals surface area contributed by atoms with E-state index in [4.69, 9.17) is 10.5 Å². The molecule has 0 aliphatic carbocycles. The molecular formula is C15H21N3O3. The van der Waals surface area contributed by atoms with Crippen LogP contribution in [0.4, 0.5) is 5.69 Å². The van der Waals surface area contributed by atoms with Crippen LogP contribution in [0.1, 0.15) is 12.8 Å². The number of para-hydroxylation sites is 1. The summed E-state index contributed by atoms with van der Waals surface area (Å²) >= 11 is 0. The van der Waals surface area contributed by atoms with Crippen molar-refractivity contribution < 1.29 is 14.3 Å². The summed E-state index contributed by atoms with van der Waals surface area (Å²) in [6.07, 6.45) is 0.918. The lowest BCUT2D eigenvalue weighted by Gasteiger charge is -2.20. The van der Waals surface area contributed by atoms with Gasteiger partial charge >= 0.3 is 0 Å². The molecule has 1 aliphatic heterocycles. The minimum atomic E-state index is -0.479. The van der Waals surface area contributed by atoms with Crippen LogP contribution in [0.15, 0.2) is 30.3 Å². The third-order valence-electron chi connectivity index (χ3n) is 3.46. The minimum Gasteiger partial charge on any atom is -0.364 e. The number of nitrogens with two attached hydrogens (primary N) is 1. The molecule has 0 bridgehead atoms. The summed E-state index contributed by atoms with van der Waals surface area (Å²) < 4.78 is 5.55. The van der Waals surface area contributed by atoms with Crippen LogP contribution >= 0.6 is 0 Å². The summed E-state index contributed by atoms with van der Waals surface area (Å²) in [4.78, 5) is 25.5. The zero-order valence-corrected chi connectivity index (χ0v) is 12.1. The SMILES string of the molecule is CN(CC(=O)Nc1ccccc1)C(=O)[C@@H]1CC[C@H](CN)O1. The topological polar surface area (TPSA) is 84.7 Å². The Balaban J connectivity index is 1.82. The van der Waals surface area contributed by atoms with E-state index in [2.05, 4.69) is 5.32 Å². The number of likely N-dealkylation sites (N-methyl/N-ethyl adjacent to an activating group) is 1. The van der Waals surface area contributed by atoms with Gasteiger partial charge in [0.2, 0.25) is 5.91 Å². The zero-order chi connectivity index (χ0) is 15.2. The second kappa shape index (κ2) is 7.19. The third kappa shape index (κ3) is 4.27. The van der Waals surface area contributed by atoms with Gasteiger partial charge < -0.3 is 20.7 Å². The van der Waals surface area contributed by atoms with Crippen LogP contribution in [0.3, 0.4) is 0 Å². The van der Waals surface area contributed by atoms with E-state index in [1.807, 2.05) is 18.2 Å². The van der Waals surface area contributed by atoms with Crippen molar-refractivity contribution in [2.75, 3.05) is 25.5 Å². The molecular weight excluding hydrogens is 270 g/mol. The molecule has 1 aliphatic rings. The molecule has 114 valence electrons. The van der Waals surface area contributed by atoms with Crippen LogP contribution in [0.5, 0.6) is 0 Å². The maximum Gasteiger partial charge on any atom is 0.251 e. The monoisotopic (exact) mass is 291 g/mol. The normalized spacial score (nSPS) is 21.0. The average molecular weight is 291 g/mol. The Morgan fingerprint density at radius 3 is 2.67 bits per heavy atom. The van der Waals surface area contributed by atoms with Gasteiger partial charge in [0.1, 0.15) is 6.10 Å². The number of rotatable bonds is 5. The van der Waals surface area contributed by atoms with Gasteiger partial charge in [-0.25, -0.2) is 0 Å². The molecule has 1 aromatic carbocycles. The molecule has 3 N–H and O–H groups in total. The van der Waals surface area contributed by atoms with E-state index in [-0.39, 0.29) is 24.5 Å². The Labute approximate surface area is 124 Å². The standard InChI is InChI=1S/C15H21N3O3/c1-18(15(20)13-8-7-12(9-16)21-13)10-14(19)17-11-5-3-2-4-6-11/h2-6,12-13H,7-10,16H2,1H3,(H,17,19)/t12-,13+/m1/s1. The van der Waals surface area contributed by atoms with E-state index in [0.29, 0.717) is 18.7 Å². The fourth-order valence-electron chi connectivity index (χ4n) is 2.32. The second-order valence-corrected chi connectivity index (χ2v) is 5.17. The Morgan fingerprint density at radius 2 is 2.05 bits per heavy atom. The van der Waals surface area contributed by atoms with E-state index in [9.17, 15) is 9.59 Å². The van der Waals surface area contributed by atoms with Gasteiger partial charge in [0.15, 0.2) is 0 Å². The number of nitrogens with one attached hydrogen (secondary N) is 1. The summed E-state index contributed by atoms with van der Waals surface area (Å²) in [5.74, 6) is -0.403. The smallest absolute Gasteiger partial charge is 0.251 e.